The fraction of sp³-hybridized carbons (Fsp3) is 0.857. The number of hydrogen-bond acceptors (Lipinski definition) is 7. The minimum atomic E-state index is -4.80. The largest absolute Gasteiger partial charge is 0.450 e. The van der Waals surface area contributed by atoms with Crippen LogP contribution in [-0.2, 0) is 33.3 Å². The number of esters is 2. The zero-order chi connectivity index (χ0) is 26.5. The van der Waals surface area contributed by atoms with Gasteiger partial charge in [0.2, 0.25) is 12.2 Å². The molecule has 0 bridgehead atoms. The SMILES string of the molecule is CO[C@H](CCCCC(=O)CCCC[C@@H](OC)C(OC(C)=O)C(F)(F)F)C(OC(C)=O)C(F)(F)F. The molecule has 0 aromatic rings. The van der Waals surface area contributed by atoms with Crippen LogP contribution in [0, 0.1) is 0 Å². The molecule has 0 spiro atoms. The number of unbranched alkanes of at least 4 members (excludes halogenated alkanes) is 2. The highest BCUT2D eigenvalue weighted by molar-refractivity contribution is 5.78. The molecule has 34 heavy (non-hydrogen) atoms. The minimum Gasteiger partial charge on any atom is -0.450 e. The van der Waals surface area contributed by atoms with Crippen molar-refractivity contribution in [1.82, 2.24) is 0 Å². The van der Waals surface area contributed by atoms with Crippen LogP contribution in [0.25, 0.3) is 0 Å². The molecule has 0 rings (SSSR count). The third-order valence-corrected chi connectivity index (χ3v) is 4.90. The van der Waals surface area contributed by atoms with Crippen molar-refractivity contribution >= 4 is 17.7 Å². The number of hydrogen-bond donors (Lipinski definition) is 0. The van der Waals surface area contributed by atoms with Gasteiger partial charge in [0, 0.05) is 40.9 Å². The zero-order valence-electron chi connectivity index (χ0n) is 19.6. The molecule has 0 N–H and O–H groups in total. The first kappa shape index (κ1) is 32.1. The average Bonchev–Trinajstić information content (AvgIpc) is 2.69. The summed E-state index contributed by atoms with van der Waals surface area (Å²) < 4.78 is 96.8. The van der Waals surface area contributed by atoms with Crippen molar-refractivity contribution in [3.63, 3.8) is 0 Å². The van der Waals surface area contributed by atoms with Crippen LogP contribution in [0.15, 0.2) is 0 Å². The Balaban J connectivity index is 4.45. The van der Waals surface area contributed by atoms with Crippen molar-refractivity contribution in [2.75, 3.05) is 14.2 Å². The molecule has 0 aromatic carbocycles. The monoisotopic (exact) mass is 510 g/mol. The van der Waals surface area contributed by atoms with E-state index >= 15 is 0 Å². The summed E-state index contributed by atoms with van der Waals surface area (Å²) in [7, 11) is 2.13. The molecule has 0 aliphatic rings. The molecule has 0 saturated carbocycles. The van der Waals surface area contributed by atoms with E-state index in [1.165, 1.54) is 0 Å². The average molecular weight is 510 g/mol. The summed E-state index contributed by atoms with van der Waals surface area (Å²) in [6.07, 6.45) is -16.3. The summed E-state index contributed by atoms with van der Waals surface area (Å²) in [5, 5.41) is 0. The first-order valence-electron chi connectivity index (χ1n) is 10.7. The number of halogens is 6. The Morgan fingerprint density at radius 2 is 0.971 bits per heavy atom. The predicted molar refractivity (Wildman–Crippen MR) is 107 cm³/mol. The Hall–Kier alpha value is -1.89. The molecule has 0 aliphatic carbocycles. The molecule has 0 radical (unpaired) electrons. The van der Waals surface area contributed by atoms with Gasteiger partial charge in [0.1, 0.15) is 18.0 Å². The topological polar surface area (TPSA) is 88.1 Å². The van der Waals surface area contributed by atoms with Gasteiger partial charge in [-0.1, -0.05) is 12.8 Å². The Morgan fingerprint density at radius 1 is 0.647 bits per heavy atom. The van der Waals surface area contributed by atoms with Crippen molar-refractivity contribution in [2.24, 2.45) is 0 Å². The number of ether oxygens (including phenoxy) is 4. The van der Waals surface area contributed by atoms with E-state index in [-0.39, 0.29) is 57.1 Å². The van der Waals surface area contributed by atoms with Crippen LogP contribution in [-0.4, -0.2) is 68.7 Å². The second-order valence-electron chi connectivity index (χ2n) is 7.72. The number of carbonyl (C=O) groups is 3. The molecule has 0 amide bonds. The van der Waals surface area contributed by atoms with Gasteiger partial charge < -0.3 is 18.9 Å². The Bertz CT molecular complexity index is 584. The van der Waals surface area contributed by atoms with E-state index < -0.39 is 48.7 Å². The quantitative estimate of drug-likeness (QED) is 0.169. The van der Waals surface area contributed by atoms with E-state index in [1.54, 1.807) is 0 Å². The van der Waals surface area contributed by atoms with Crippen molar-refractivity contribution in [3.05, 3.63) is 0 Å². The number of ketones is 1. The zero-order valence-corrected chi connectivity index (χ0v) is 19.6. The molecular weight excluding hydrogens is 478 g/mol. The molecule has 2 unspecified atom stereocenters. The maximum Gasteiger partial charge on any atom is 0.428 e. The van der Waals surface area contributed by atoms with Crippen molar-refractivity contribution in [2.45, 2.75) is 102 Å². The highest BCUT2D eigenvalue weighted by Gasteiger charge is 2.48. The van der Waals surface area contributed by atoms with Gasteiger partial charge in [0.15, 0.2) is 0 Å². The molecule has 0 fully saturated rings. The molecular formula is C21H32F6O7. The number of Topliss-reactive ketones (excluding diaryl/α,β-unsaturated/α-hetero) is 1. The van der Waals surface area contributed by atoms with Crippen LogP contribution in [0.3, 0.4) is 0 Å². The lowest BCUT2D eigenvalue weighted by molar-refractivity contribution is -0.246. The van der Waals surface area contributed by atoms with Gasteiger partial charge in [-0.15, -0.1) is 0 Å². The lowest BCUT2D eigenvalue weighted by atomic mass is 10.0. The number of carbonyl (C=O) groups excluding carboxylic acids is 3. The number of methoxy groups -OCH3 is 2. The minimum absolute atomic E-state index is 0.0764. The van der Waals surface area contributed by atoms with E-state index in [0.717, 1.165) is 28.1 Å². The van der Waals surface area contributed by atoms with Gasteiger partial charge in [-0.2, -0.15) is 26.3 Å². The lowest BCUT2D eigenvalue weighted by Gasteiger charge is -2.27. The molecule has 0 aliphatic heterocycles. The van der Waals surface area contributed by atoms with Crippen molar-refractivity contribution < 1.29 is 59.7 Å². The van der Waals surface area contributed by atoms with Gasteiger partial charge >= 0.3 is 24.3 Å². The first-order valence-corrected chi connectivity index (χ1v) is 10.7. The Morgan fingerprint density at radius 3 is 1.21 bits per heavy atom. The van der Waals surface area contributed by atoms with Crippen molar-refractivity contribution in [1.29, 1.82) is 0 Å². The second kappa shape index (κ2) is 15.2. The van der Waals surface area contributed by atoms with Gasteiger partial charge in [-0.05, 0) is 25.7 Å². The Labute approximate surface area is 194 Å². The van der Waals surface area contributed by atoms with Gasteiger partial charge in [0.05, 0.1) is 0 Å². The third-order valence-electron chi connectivity index (χ3n) is 4.90. The summed E-state index contributed by atoms with van der Waals surface area (Å²) in [4.78, 5) is 33.9. The van der Waals surface area contributed by atoms with Gasteiger partial charge in [0.25, 0.3) is 0 Å². The summed E-state index contributed by atoms with van der Waals surface area (Å²) >= 11 is 0. The molecule has 200 valence electrons. The highest BCUT2D eigenvalue weighted by Crippen LogP contribution is 2.30. The van der Waals surface area contributed by atoms with Gasteiger partial charge in [-0.3, -0.25) is 14.4 Å². The smallest absolute Gasteiger partial charge is 0.428 e. The first-order chi connectivity index (χ1) is 15.6. The van der Waals surface area contributed by atoms with E-state index in [0.29, 0.717) is 0 Å². The number of alkyl halides is 6. The van der Waals surface area contributed by atoms with Crippen LogP contribution < -0.4 is 0 Å². The van der Waals surface area contributed by atoms with E-state index in [1.807, 2.05) is 0 Å². The van der Waals surface area contributed by atoms with Crippen LogP contribution in [0.5, 0.6) is 0 Å². The van der Waals surface area contributed by atoms with Crippen molar-refractivity contribution in [3.8, 4) is 0 Å². The standard InChI is InChI=1S/C21H32F6O7/c1-13(28)33-18(20(22,23)24)16(31-3)11-7-5-9-15(30)10-6-8-12-17(32-4)19(21(25,26)27)34-14(2)29/h16-19H,5-12H2,1-4H3/t16-,17-,18?,19?/m1/s1. The maximum atomic E-state index is 13.1. The molecule has 0 saturated heterocycles. The summed E-state index contributed by atoms with van der Waals surface area (Å²) in [6, 6.07) is 0. The third kappa shape index (κ3) is 13.1. The predicted octanol–water partition coefficient (Wildman–Crippen LogP) is 4.69. The molecule has 0 aromatic heterocycles. The molecule has 0 heterocycles. The molecule has 7 nitrogen and oxygen atoms in total. The van der Waals surface area contributed by atoms with Crippen LogP contribution in [0.1, 0.15) is 65.2 Å². The fourth-order valence-corrected chi connectivity index (χ4v) is 3.31. The second-order valence-corrected chi connectivity index (χ2v) is 7.72. The van der Waals surface area contributed by atoms with Crippen LogP contribution >= 0.6 is 0 Å². The Kier molecular flexibility index (Phi) is 14.3. The molecule has 13 heteroatoms. The maximum absolute atomic E-state index is 13.1. The van der Waals surface area contributed by atoms with E-state index in [4.69, 9.17) is 9.47 Å². The summed E-state index contributed by atoms with van der Waals surface area (Å²) in [5.74, 6) is -2.38. The normalized spacial score (nSPS) is 15.8. The molecule has 4 atom stereocenters. The summed E-state index contributed by atoms with van der Waals surface area (Å²) in [5.41, 5.74) is 0. The fourth-order valence-electron chi connectivity index (χ4n) is 3.31. The summed E-state index contributed by atoms with van der Waals surface area (Å²) in [6.45, 7) is 1.72. The van der Waals surface area contributed by atoms with Gasteiger partial charge in [-0.25, -0.2) is 0 Å². The highest BCUT2D eigenvalue weighted by atomic mass is 19.4. The van der Waals surface area contributed by atoms with Crippen LogP contribution in [0.4, 0.5) is 26.3 Å². The number of rotatable bonds is 16. The van der Waals surface area contributed by atoms with Crippen LogP contribution in [0.2, 0.25) is 0 Å². The van der Waals surface area contributed by atoms with E-state index in [9.17, 15) is 40.7 Å². The lowest BCUT2D eigenvalue weighted by Crippen LogP contribution is -2.44. The van der Waals surface area contributed by atoms with E-state index in [2.05, 4.69) is 9.47 Å².